The molecule has 4 nitrogen and oxygen atoms in total. The van der Waals surface area contributed by atoms with Gasteiger partial charge in [-0.25, -0.2) is 21.2 Å². The molecule has 0 amide bonds. The highest BCUT2D eigenvalue weighted by molar-refractivity contribution is 7.97. The molecule has 0 aromatic heterocycles. The maximum atomic E-state index is 13.6. The number of sulfone groups is 2. The Balaban J connectivity index is 2.34. The average Bonchev–Trinajstić information content (AvgIpc) is 2.53. The Labute approximate surface area is 141 Å². The molecule has 0 heterocycles. The second kappa shape index (κ2) is 6.86. The lowest BCUT2D eigenvalue weighted by Gasteiger charge is -2.06. The Morgan fingerprint density at radius 3 is 1.92 bits per heavy atom. The molecule has 0 atom stereocenters. The van der Waals surface area contributed by atoms with Crippen LogP contribution in [0, 0.1) is 5.82 Å². The maximum Gasteiger partial charge on any atom is 0.203 e. The number of hydrogen-bond acceptors (Lipinski definition) is 4. The summed E-state index contributed by atoms with van der Waals surface area (Å²) in [6, 6.07) is 11.0. The van der Waals surface area contributed by atoms with Crippen molar-refractivity contribution in [3.8, 4) is 0 Å². The molecular weight excluding hydrogens is 351 g/mol. The summed E-state index contributed by atoms with van der Waals surface area (Å²) in [6.07, 6.45) is 0. The van der Waals surface area contributed by atoms with E-state index >= 15 is 0 Å². The lowest BCUT2D eigenvalue weighted by Crippen LogP contribution is -2.02. The van der Waals surface area contributed by atoms with Crippen LogP contribution in [0.1, 0.15) is 25.3 Å². The van der Waals surface area contributed by atoms with Crippen molar-refractivity contribution < 1.29 is 21.2 Å². The fourth-order valence-corrected chi connectivity index (χ4v) is 4.61. The minimum absolute atomic E-state index is 0.0214. The summed E-state index contributed by atoms with van der Waals surface area (Å²) < 4.78 is 62.2. The van der Waals surface area contributed by atoms with Gasteiger partial charge >= 0.3 is 0 Å². The van der Waals surface area contributed by atoms with E-state index in [-0.39, 0.29) is 10.8 Å². The number of rotatable bonds is 5. The van der Waals surface area contributed by atoms with Crippen molar-refractivity contribution in [1.82, 2.24) is 0 Å². The molecule has 7 heteroatoms. The van der Waals surface area contributed by atoms with Crippen molar-refractivity contribution in [2.24, 2.45) is 0 Å². The molecular formula is C17H17FO4S2. The van der Waals surface area contributed by atoms with Crippen molar-refractivity contribution in [2.75, 3.05) is 0 Å². The predicted molar refractivity (Wildman–Crippen MR) is 90.4 cm³/mol. The van der Waals surface area contributed by atoms with E-state index in [9.17, 15) is 21.2 Å². The molecule has 0 aliphatic heterocycles. The molecule has 2 rings (SSSR count). The molecule has 0 N–H and O–H groups in total. The Morgan fingerprint density at radius 1 is 0.833 bits per heavy atom. The van der Waals surface area contributed by atoms with Crippen molar-refractivity contribution >= 4 is 19.7 Å². The molecule has 128 valence electrons. The highest BCUT2D eigenvalue weighted by Gasteiger charge is 2.18. The summed E-state index contributed by atoms with van der Waals surface area (Å²) in [6.45, 7) is 3.95. The molecule has 0 bridgehead atoms. The zero-order valence-corrected chi connectivity index (χ0v) is 14.8. The lowest BCUT2D eigenvalue weighted by atomic mass is 10.0. The van der Waals surface area contributed by atoms with Crippen molar-refractivity contribution in [3.63, 3.8) is 0 Å². The van der Waals surface area contributed by atoms with Gasteiger partial charge in [-0.2, -0.15) is 0 Å². The van der Waals surface area contributed by atoms with E-state index in [4.69, 9.17) is 0 Å². The smallest absolute Gasteiger partial charge is 0.203 e. The molecule has 0 aliphatic carbocycles. The molecule has 0 radical (unpaired) electrons. The van der Waals surface area contributed by atoms with E-state index in [1.165, 1.54) is 24.3 Å². The minimum Gasteiger partial charge on any atom is -0.219 e. The fourth-order valence-electron chi connectivity index (χ4n) is 2.02. The van der Waals surface area contributed by atoms with Gasteiger partial charge in [0, 0.05) is 10.8 Å². The normalized spacial score (nSPS) is 12.8. The number of hydrogen-bond donors (Lipinski definition) is 0. The predicted octanol–water partition coefficient (Wildman–Crippen LogP) is 3.67. The maximum absolute atomic E-state index is 13.6. The first-order valence-corrected chi connectivity index (χ1v) is 10.3. The fraction of sp³-hybridized carbons (Fsp3) is 0.176. The van der Waals surface area contributed by atoms with Gasteiger partial charge in [0.1, 0.15) is 10.7 Å². The van der Waals surface area contributed by atoms with Crippen LogP contribution in [0.15, 0.2) is 69.1 Å². The number of benzene rings is 2. The van der Waals surface area contributed by atoms with Crippen molar-refractivity contribution in [3.05, 3.63) is 70.7 Å². The van der Waals surface area contributed by atoms with E-state index in [1.807, 2.05) is 13.8 Å². The van der Waals surface area contributed by atoms with Crippen LogP contribution >= 0.6 is 0 Å². The molecule has 2 aromatic carbocycles. The molecule has 0 spiro atoms. The summed E-state index contributed by atoms with van der Waals surface area (Å²) in [5, 5.41) is 1.09. The SMILES string of the molecule is CC(C)c1ccc(S(=O)(=O)/C=C/S(=O)(=O)c2ccccc2F)cc1. The van der Waals surface area contributed by atoms with Gasteiger partial charge < -0.3 is 0 Å². The third kappa shape index (κ3) is 4.10. The van der Waals surface area contributed by atoms with Crippen LogP contribution in [0.5, 0.6) is 0 Å². The van der Waals surface area contributed by atoms with Crippen LogP contribution < -0.4 is 0 Å². The zero-order chi connectivity index (χ0) is 18.0. The third-order valence-corrected chi connectivity index (χ3v) is 6.47. The van der Waals surface area contributed by atoms with E-state index in [1.54, 1.807) is 12.1 Å². The Morgan fingerprint density at radius 2 is 1.38 bits per heavy atom. The first-order chi connectivity index (χ1) is 11.1. The lowest BCUT2D eigenvalue weighted by molar-refractivity contribution is 0.572. The summed E-state index contributed by atoms with van der Waals surface area (Å²) in [5.74, 6) is -0.681. The summed E-state index contributed by atoms with van der Waals surface area (Å²) in [7, 11) is -8.13. The Hall–Kier alpha value is -1.99. The largest absolute Gasteiger partial charge is 0.219 e. The quantitative estimate of drug-likeness (QED) is 0.807. The van der Waals surface area contributed by atoms with Gasteiger partial charge in [-0.05, 0) is 35.7 Å². The van der Waals surface area contributed by atoms with Gasteiger partial charge in [0.25, 0.3) is 0 Å². The monoisotopic (exact) mass is 368 g/mol. The first-order valence-electron chi connectivity index (χ1n) is 7.16. The van der Waals surface area contributed by atoms with Gasteiger partial charge in [-0.1, -0.05) is 38.1 Å². The van der Waals surface area contributed by atoms with Crippen LogP contribution in [0.2, 0.25) is 0 Å². The van der Waals surface area contributed by atoms with Gasteiger partial charge in [0.05, 0.1) is 4.90 Å². The van der Waals surface area contributed by atoms with Gasteiger partial charge in [-0.3, -0.25) is 0 Å². The van der Waals surface area contributed by atoms with Crippen molar-refractivity contribution in [2.45, 2.75) is 29.6 Å². The standard InChI is InChI=1S/C17H17FO4S2/c1-13(2)14-7-9-15(10-8-14)23(19,20)11-12-24(21,22)17-6-4-3-5-16(17)18/h3-13H,1-2H3/b12-11+. The van der Waals surface area contributed by atoms with Gasteiger partial charge in [0.2, 0.25) is 19.7 Å². The molecule has 0 fully saturated rings. The second-order valence-electron chi connectivity index (χ2n) is 5.52. The Kier molecular flexibility index (Phi) is 5.25. The van der Waals surface area contributed by atoms with E-state index < -0.39 is 30.4 Å². The van der Waals surface area contributed by atoms with E-state index in [2.05, 4.69) is 0 Å². The highest BCUT2D eigenvalue weighted by atomic mass is 32.2. The van der Waals surface area contributed by atoms with Gasteiger partial charge in [0.15, 0.2) is 0 Å². The van der Waals surface area contributed by atoms with Crippen LogP contribution in [-0.2, 0) is 19.7 Å². The number of halogens is 1. The van der Waals surface area contributed by atoms with Crippen LogP contribution in [0.3, 0.4) is 0 Å². The van der Waals surface area contributed by atoms with Crippen LogP contribution in [0.4, 0.5) is 4.39 Å². The third-order valence-electron chi connectivity index (χ3n) is 3.43. The molecule has 24 heavy (non-hydrogen) atoms. The van der Waals surface area contributed by atoms with Crippen LogP contribution in [-0.4, -0.2) is 16.8 Å². The topological polar surface area (TPSA) is 68.3 Å². The highest BCUT2D eigenvalue weighted by Crippen LogP contribution is 2.21. The molecule has 0 saturated heterocycles. The summed E-state index contributed by atoms with van der Waals surface area (Å²) in [5.41, 5.74) is 0.969. The zero-order valence-electron chi connectivity index (χ0n) is 13.2. The van der Waals surface area contributed by atoms with Gasteiger partial charge in [-0.15, -0.1) is 0 Å². The average molecular weight is 368 g/mol. The van der Waals surface area contributed by atoms with E-state index in [0.717, 1.165) is 17.7 Å². The summed E-state index contributed by atoms with van der Waals surface area (Å²) >= 11 is 0. The Bertz CT molecular complexity index is 958. The molecule has 2 aromatic rings. The second-order valence-corrected chi connectivity index (χ2v) is 9.15. The first kappa shape index (κ1) is 18.4. The molecule has 0 saturated carbocycles. The molecule has 0 unspecified atom stereocenters. The van der Waals surface area contributed by atoms with E-state index in [0.29, 0.717) is 10.8 Å². The minimum atomic E-state index is -4.19. The molecule has 0 aliphatic rings. The summed E-state index contributed by atoms with van der Waals surface area (Å²) in [4.78, 5) is -0.585. The van der Waals surface area contributed by atoms with Crippen molar-refractivity contribution in [1.29, 1.82) is 0 Å². The van der Waals surface area contributed by atoms with Crippen LogP contribution in [0.25, 0.3) is 0 Å².